The highest BCUT2D eigenvalue weighted by Crippen LogP contribution is 2.26. The summed E-state index contributed by atoms with van der Waals surface area (Å²) < 4.78 is 6.53. The minimum Gasteiger partial charge on any atom is -0.465 e. The molecule has 0 spiro atoms. The number of nitrogens with one attached hydrogen (secondary N) is 1. The van der Waals surface area contributed by atoms with Gasteiger partial charge in [-0.1, -0.05) is 53.7 Å². The number of aromatic nitrogens is 3. The van der Waals surface area contributed by atoms with Gasteiger partial charge in [0.25, 0.3) is 0 Å². The van der Waals surface area contributed by atoms with Gasteiger partial charge >= 0.3 is 5.97 Å². The number of esters is 1. The van der Waals surface area contributed by atoms with Crippen molar-refractivity contribution in [2.75, 3.05) is 18.2 Å². The summed E-state index contributed by atoms with van der Waals surface area (Å²) >= 11 is 1.31. The maximum atomic E-state index is 12.5. The van der Waals surface area contributed by atoms with Crippen LogP contribution in [-0.2, 0) is 9.53 Å². The molecule has 0 saturated carbocycles. The summed E-state index contributed by atoms with van der Waals surface area (Å²) in [6.07, 6.45) is 3.44. The van der Waals surface area contributed by atoms with Crippen molar-refractivity contribution in [3.63, 3.8) is 0 Å². The Hall–Kier alpha value is -3.65. The third kappa shape index (κ3) is 4.59. The highest BCUT2D eigenvalue weighted by molar-refractivity contribution is 8.00. The monoisotopic (exact) mass is 432 g/mol. The summed E-state index contributed by atoms with van der Waals surface area (Å²) in [4.78, 5) is 28.8. The normalized spacial score (nSPS) is 10.8. The van der Waals surface area contributed by atoms with Crippen LogP contribution in [0.1, 0.15) is 15.9 Å². The first kappa shape index (κ1) is 20.6. The molecular weight excluding hydrogens is 412 g/mol. The summed E-state index contributed by atoms with van der Waals surface area (Å²) in [5.74, 6) is -0.617. The Labute approximate surface area is 183 Å². The van der Waals surface area contributed by atoms with Crippen LogP contribution in [0.15, 0.2) is 72.0 Å². The SMILES string of the molecule is COC(=O)c1ccccc1NC(=O)CSc1nccn2nc(-c3ccc(C)cc3)cc12. The highest BCUT2D eigenvalue weighted by atomic mass is 32.2. The van der Waals surface area contributed by atoms with Crippen molar-refractivity contribution in [3.8, 4) is 11.3 Å². The van der Waals surface area contributed by atoms with Crippen molar-refractivity contribution in [2.45, 2.75) is 11.9 Å². The van der Waals surface area contributed by atoms with E-state index in [2.05, 4.69) is 15.4 Å². The van der Waals surface area contributed by atoms with Crippen LogP contribution in [0.2, 0.25) is 0 Å². The van der Waals surface area contributed by atoms with Gasteiger partial charge in [-0.3, -0.25) is 4.79 Å². The molecule has 4 aromatic rings. The number of thioether (sulfide) groups is 1. The van der Waals surface area contributed by atoms with Crippen molar-refractivity contribution in [3.05, 3.63) is 78.1 Å². The number of hydrogen-bond donors (Lipinski definition) is 1. The van der Waals surface area contributed by atoms with Crippen LogP contribution in [0, 0.1) is 6.92 Å². The lowest BCUT2D eigenvalue weighted by molar-refractivity contribution is -0.113. The van der Waals surface area contributed by atoms with Gasteiger partial charge in [-0.15, -0.1) is 0 Å². The number of nitrogens with zero attached hydrogens (tertiary/aromatic N) is 3. The molecule has 1 amide bonds. The molecule has 0 fully saturated rings. The Balaban J connectivity index is 1.50. The van der Waals surface area contributed by atoms with E-state index in [1.165, 1.54) is 24.4 Å². The molecule has 0 radical (unpaired) electrons. The molecular formula is C23H20N4O3S. The third-order valence-corrected chi connectivity index (χ3v) is 5.64. The number of fused-ring (bicyclic) bond motifs is 1. The van der Waals surface area contributed by atoms with Crippen LogP contribution in [0.25, 0.3) is 16.8 Å². The largest absolute Gasteiger partial charge is 0.465 e. The third-order valence-electron chi connectivity index (χ3n) is 4.65. The molecule has 31 heavy (non-hydrogen) atoms. The first-order chi connectivity index (χ1) is 15.0. The predicted molar refractivity (Wildman–Crippen MR) is 120 cm³/mol. The van der Waals surface area contributed by atoms with Gasteiger partial charge in [-0.05, 0) is 25.1 Å². The van der Waals surface area contributed by atoms with E-state index in [1.807, 2.05) is 37.3 Å². The Bertz CT molecular complexity index is 1250. The van der Waals surface area contributed by atoms with E-state index in [1.54, 1.807) is 41.2 Å². The van der Waals surface area contributed by atoms with Crippen LogP contribution in [0.4, 0.5) is 5.69 Å². The second-order valence-electron chi connectivity index (χ2n) is 6.83. The van der Waals surface area contributed by atoms with Crippen LogP contribution in [0.5, 0.6) is 0 Å². The molecule has 2 heterocycles. The number of hydrogen-bond acceptors (Lipinski definition) is 6. The Kier molecular flexibility index (Phi) is 5.99. The number of rotatable bonds is 6. The van der Waals surface area contributed by atoms with Crippen molar-refractivity contribution in [2.24, 2.45) is 0 Å². The van der Waals surface area contributed by atoms with Gasteiger partial charge in [0, 0.05) is 18.0 Å². The standard InChI is InChI=1S/C23H20N4O3S/c1-15-7-9-16(10-8-15)19-13-20-22(24-11-12-27(20)26-19)31-14-21(28)25-18-6-4-3-5-17(18)23(29)30-2/h3-13H,14H2,1-2H3,(H,25,28). The Morgan fingerprint density at radius 2 is 1.90 bits per heavy atom. The molecule has 1 N–H and O–H groups in total. The van der Waals surface area contributed by atoms with Crippen molar-refractivity contribution in [1.29, 1.82) is 0 Å². The van der Waals surface area contributed by atoms with Crippen LogP contribution >= 0.6 is 11.8 Å². The molecule has 7 nitrogen and oxygen atoms in total. The summed E-state index contributed by atoms with van der Waals surface area (Å²) in [6, 6.07) is 16.8. The fourth-order valence-corrected chi connectivity index (χ4v) is 3.85. The summed E-state index contributed by atoms with van der Waals surface area (Å²) in [6.45, 7) is 2.04. The number of ether oxygens (including phenoxy) is 1. The number of amides is 1. The zero-order chi connectivity index (χ0) is 21.8. The lowest BCUT2D eigenvalue weighted by Gasteiger charge is -2.09. The van der Waals surface area contributed by atoms with Gasteiger partial charge in [-0.2, -0.15) is 5.10 Å². The molecule has 2 aromatic heterocycles. The Morgan fingerprint density at radius 3 is 2.68 bits per heavy atom. The zero-order valence-corrected chi connectivity index (χ0v) is 17.8. The van der Waals surface area contributed by atoms with Gasteiger partial charge in [0.15, 0.2) is 0 Å². The first-order valence-corrected chi connectivity index (χ1v) is 10.5. The molecule has 0 atom stereocenters. The van der Waals surface area contributed by atoms with Gasteiger partial charge in [0.2, 0.25) is 5.91 Å². The van der Waals surface area contributed by atoms with E-state index in [-0.39, 0.29) is 11.7 Å². The number of para-hydroxylation sites is 1. The van der Waals surface area contributed by atoms with Crippen molar-refractivity contribution >= 4 is 34.8 Å². The second kappa shape index (κ2) is 9.01. The second-order valence-corrected chi connectivity index (χ2v) is 7.80. The average molecular weight is 433 g/mol. The fraction of sp³-hybridized carbons (Fsp3) is 0.130. The molecule has 0 aliphatic carbocycles. The topological polar surface area (TPSA) is 85.6 Å². The predicted octanol–water partition coefficient (Wildman–Crippen LogP) is 4.22. The quantitative estimate of drug-likeness (QED) is 0.363. The first-order valence-electron chi connectivity index (χ1n) is 9.56. The minimum atomic E-state index is -0.502. The molecule has 4 rings (SSSR count). The van der Waals surface area contributed by atoms with E-state index in [4.69, 9.17) is 4.74 Å². The zero-order valence-electron chi connectivity index (χ0n) is 17.0. The summed E-state index contributed by atoms with van der Waals surface area (Å²) in [5, 5.41) is 8.09. The molecule has 0 aliphatic rings. The molecule has 0 bridgehead atoms. The number of carbonyl (C=O) groups excluding carboxylic acids is 2. The van der Waals surface area contributed by atoms with Gasteiger partial charge in [0.1, 0.15) is 5.03 Å². The lowest BCUT2D eigenvalue weighted by atomic mass is 10.1. The maximum Gasteiger partial charge on any atom is 0.339 e. The number of anilines is 1. The number of benzene rings is 2. The van der Waals surface area contributed by atoms with E-state index in [9.17, 15) is 9.59 Å². The van der Waals surface area contributed by atoms with Crippen LogP contribution < -0.4 is 5.32 Å². The van der Waals surface area contributed by atoms with E-state index in [0.29, 0.717) is 16.3 Å². The molecule has 0 unspecified atom stereocenters. The number of carbonyl (C=O) groups is 2. The van der Waals surface area contributed by atoms with Crippen molar-refractivity contribution < 1.29 is 14.3 Å². The van der Waals surface area contributed by atoms with Gasteiger partial charge in [0.05, 0.1) is 35.3 Å². The lowest BCUT2D eigenvalue weighted by Crippen LogP contribution is -2.17. The molecule has 0 aliphatic heterocycles. The summed E-state index contributed by atoms with van der Waals surface area (Å²) in [7, 11) is 1.31. The molecule has 8 heteroatoms. The van der Waals surface area contributed by atoms with Gasteiger partial charge < -0.3 is 10.1 Å². The minimum absolute atomic E-state index is 0.132. The van der Waals surface area contributed by atoms with E-state index >= 15 is 0 Å². The smallest absolute Gasteiger partial charge is 0.339 e. The molecule has 0 saturated heterocycles. The highest BCUT2D eigenvalue weighted by Gasteiger charge is 2.15. The van der Waals surface area contributed by atoms with Gasteiger partial charge in [-0.25, -0.2) is 14.3 Å². The molecule has 2 aromatic carbocycles. The fourth-order valence-electron chi connectivity index (χ4n) is 3.07. The number of aryl methyl sites for hydroxylation is 1. The van der Waals surface area contributed by atoms with E-state index < -0.39 is 5.97 Å². The number of methoxy groups -OCH3 is 1. The average Bonchev–Trinajstić information content (AvgIpc) is 3.23. The van der Waals surface area contributed by atoms with Crippen molar-refractivity contribution in [1.82, 2.24) is 14.6 Å². The maximum absolute atomic E-state index is 12.5. The van der Waals surface area contributed by atoms with Crippen LogP contribution in [-0.4, -0.2) is 39.3 Å². The van der Waals surface area contributed by atoms with Crippen LogP contribution in [0.3, 0.4) is 0 Å². The molecule has 156 valence electrons. The Morgan fingerprint density at radius 1 is 1.13 bits per heavy atom. The summed E-state index contributed by atoms with van der Waals surface area (Å²) in [5.41, 5.74) is 4.59. The van der Waals surface area contributed by atoms with E-state index in [0.717, 1.165) is 16.8 Å².